The van der Waals surface area contributed by atoms with Crippen LogP contribution in [0.3, 0.4) is 0 Å². The average Bonchev–Trinajstić information content (AvgIpc) is 2.00. The van der Waals surface area contributed by atoms with E-state index in [1.807, 2.05) is 13.8 Å². The summed E-state index contributed by atoms with van der Waals surface area (Å²) in [6.45, 7) is 3.78. The Morgan fingerprint density at radius 3 is 2.27 bits per heavy atom. The second-order valence-corrected chi connectivity index (χ2v) is 3.60. The van der Waals surface area contributed by atoms with Gasteiger partial charge in [0.25, 0.3) is 0 Å². The molecule has 3 nitrogen and oxygen atoms in total. The van der Waals surface area contributed by atoms with Gasteiger partial charge in [-0.2, -0.15) is 13.2 Å². The molecule has 0 radical (unpaired) electrons. The van der Waals surface area contributed by atoms with Crippen molar-refractivity contribution in [1.82, 2.24) is 4.90 Å². The van der Waals surface area contributed by atoms with Gasteiger partial charge >= 0.3 is 6.18 Å². The highest BCUT2D eigenvalue weighted by molar-refractivity contribution is 4.63. The van der Waals surface area contributed by atoms with E-state index in [0.29, 0.717) is 6.61 Å². The minimum atomic E-state index is -4.17. The molecule has 2 N–H and O–H groups in total. The molecule has 0 aromatic heterocycles. The second-order valence-electron chi connectivity index (χ2n) is 3.60. The van der Waals surface area contributed by atoms with Gasteiger partial charge in [-0.3, -0.25) is 4.90 Å². The normalized spacial score (nSPS) is 12.8. The molecule has 0 bridgehead atoms. The molecule has 0 amide bonds. The lowest BCUT2D eigenvalue weighted by Crippen LogP contribution is -2.39. The van der Waals surface area contributed by atoms with Gasteiger partial charge in [-0.05, 0) is 13.8 Å². The maximum absolute atomic E-state index is 12.1. The summed E-state index contributed by atoms with van der Waals surface area (Å²) in [5, 5.41) is 0. The summed E-state index contributed by atoms with van der Waals surface area (Å²) in [5.41, 5.74) is 5.23. The molecule has 6 heteroatoms. The van der Waals surface area contributed by atoms with Gasteiger partial charge in [0.15, 0.2) is 0 Å². The summed E-state index contributed by atoms with van der Waals surface area (Å²) in [5.74, 6) is 0. The first-order chi connectivity index (χ1) is 6.85. The number of ether oxygens (including phenoxy) is 1. The van der Waals surface area contributed by atoms with E-state index >= 15 is 0 Å². The van der Waals surface area contributed by atoms with Crippen LogP contribution in [0.15, 0.2) is 0 Å². The van der Waals surface area contributed by atoms with Crippen molar-refractivity contribution in [2.75, 3.05) is 32.8 Å². The van der Waals surface area contributed by atoms with Crippen LogP contribution in [0.25, 0.3) is 0 Å². The Kier molecular flexibility index (Phi) is 6.87. The Morgan fingerprint density at radius 1 is 1.27 bits per heavy atom. The molecule has 0 saturated heterocycles. The third-order valence-electron chi connectivity index (χ3n) is 1.71. The Hall–Kier alpha value is -0.330. The molecule has 92 valence electrons. The molecule has 0 aromatic carbocycles. The number of rotatable bonds is 7. The molecular formula is C9H19F3N2O. The highest BCUT2D eigenvalue weighted by Gasteiger charge is 2.30. The smallest absolute Gasteiger partial charge is 0.377 e. The van der Waals surface area contributed by atoms with Gasteiger partial charge in [0.05, 0.1) is 19.3 Å². The molecular weight excluding hydrogens is 209 g/mol. The molecule has 0 unspecified atom stereocenters. The van der Waals surface area contributed by atoms with Crippen molar-refractivity contribution in [3.8, 4) is 0 Å². The number of nitrogens with zero attached hydrogens (tertiary/aromatic N) is 1. The fourth-order valence-electron chi connectivity index (χ4n) is 1.12. The molecule has 15 heavy (non-hydrogen) atoms. The van der Waals surface area contributed by atoms with Crippen molar-refractivity contribution < 1.29 is 17.9 Å². The summed E-state index contributed by atoms with van der Waals surface area (Å²) in [6, 6.07) is 0. The molecule has 0 aromatic rings. The summed E-state index contributed by atoms with van der Waals surface area (Å²) in [4.78, 5) is 1.25. The van der Waals surface area contributed by atoms with Gasteiger partial charge in [-0.1, -0.05) is 0 Å². The molecule has 0 saturated carbocycles. The van der Waals surface area contributed by atoms with Crippen LogP contribution >= 0.6 is 0 Å². The van der Waals surface area contributed by atoms with E-state index in [1.165, 1.54) is 4.90 Å². The number of hydrogen-bond donors (Lipinski definition) is 1. The SMILES string of the molecule is CC(C)OCCN(CCN)CC(F)(F)F. The lowest BCUT2D eigenvalue weighted by Gasteiger charge is -2.23. The van der Waals surface area contributed by atoms with E-state index in [1.54, 1.807) is 0 Å². The van der Waals surface area contributed by atoms with Gasteiger partial charge in [0, 0.05) is 19.6 Å². The van der Waals surface area contributed by atoms with Crippen LogP contribution in [0, 0.1) is 0 Å². The lowest BCUT2D eigenvalue weighted by atomic mass is 10.4. The Bertz CT molecular complexity index is 162. The maximum atomic E-state index is 12.1. The van der Waals surface area contributed by atoms with Gasteiger partial charge in [0.2, 0.25) is 0 Å². The Balaban J connectivity index is 3.83. The van der Waals surface area contributed by atoms with Crippen LogP contribution in [0.5, 0.6) is 0 Å². The van der Waals surface area contributed by atoms with Crippen LogP contribution in [0.4, 0.5) is 13.2 Å². The first kappa shape index (κ1) is 14.7. The Labute approximate surface area is 88.4 Å². The molecule has 0 spiro atoms. The maximum Gasteiger partial charge on any atom is 0.401 e. The largest absolute Gasteiger partial charge is 0.401 e. The zero-order chi connectivity index (χ0) is 11.9. The quantitative estimate of drug-likeness (QED) is 0.712. The van der Waals surface area contributed by atoms with Crippen LogP contribution < -0.4 is 5.73 Å². The van der Waals surface area contributed by atoms with Crippen molar-refractivity contribution in [2.24, 2.45) is 5.73 Å². The highest BCUT2D eigenvalue weighted by atomic mass is 19.4. The second kappa shape index (κ2) is 7.03. The van der Waals surface area contributed by atoms with Crippen molar-refractivity contribution in [2.45, 2.75) is 26.1 Å². The number of hydrogen-bond acceptors (Lipinski definition) is 3. The van der Waals surface area contributed by atoms with E-state index in [0.717, 1.165) is 0 Å². The summed E-state index contributed by atoms with van der Waals surface area (Å²) in [6.07, 6.45) is -4.14. The predicted octanol–water partition coefficient (Wildman–Crippen LogP) is 1.23. The number of alkyl halides is 3. The molecule has 0 atom stereocenters. The first-order valence-electron chi connectivity index (χ1n) is 4.96. The Morgan fingerprint density at radius 2 is 1.87 bits per heavy atom. The first-order valence-corrected chi connectivity index (χ1v) is 4.96. The molecule has 0 aliphatic rings. The predicted molar refractivity (Wildman–Crippen MR) is 52.6 cm³/mol. The van der Waals surface area contributed by atoms with Crippen molar-refractivity contribution in [1.29, 1.82) is 0 Å². The van der Waals surface area contributed by atoms with Crippen molar-refractivity contribution >= 4 is 0 Å². The van der Waals surface area contributed by atoms with E-state index in [4.69, 9.17) is 10.5 Å². The monoisotopic (exact) mass is 228 g/mol. The highest BCUT2D eigenvalue weighted by Crippen LogP contribution is 2.15. The molecule has 0 aliphatic carbocycles. The van der Waals surface area contributed by atoms with Gasteiger partial charge < -0.3 is 10.5 Å². The van der Waals surface area contributed by atoms with E-state index in [-0.39, 0.29) is 25.7 Å². The molecule has 0 heterocycles. The minimum absolute atomic E-state index is 0.0376. The van der Waals surface area contributed by atoms with E-state index in [2.05, 4.69) is 0 Å². The van der Waals surface area contributed by atoms with E-state index in [9.17, 15) is 13.2 Å². The summed E-state index contributed by atoms with van der Waals surface area (Å²) < 4.78 is 41.5. The van der Waals surface area contributed by atoms with Gasteiger partial charge in [-0.25, -0.2) is 0 Å². The zero-order valence-electron chi connectivity index (χ0n) is 9.18. The van der Waals surface area contributed by atoms with Crippen molar-refractivity contribution in [3.05, 3.63) is 0 Å². The van der Waals surface area contributed by atoms with Gasteiger partial charge in [-0.15, -0.1) is 0 Å². The van der Waals surface area contributed by atoms with Crippen LogP contribution in [-0.2, 0) is 4.74 Å². The van der Waals surface area contributed by atoms with E-state index < -0.39 is 12.7 Å². The average molecular weight is 228 g/mol. The van der Waals surface area contributed by atoms with Crippen molar-refractivity contribution in [3.63, 3.8) is 0 Å². The van der Waals surface area contributed by atoms with Gasteiger partial charge in [0.1, 0.15) is 0 Å². The van der Waals surface area contributed by atoms with Crippen LogP contribution in [0.1, 0.15) is 13.8 Å². The van der Waals surface area contributed by atoms with Crippen LogP contribution in [0.2, 0.25) is 0 Å². The number of nitrogens with two attached hydrogens (primary N) is 1. The standard InChI is InChI=1S/C9H19F3N2O/c1-8(2)15-6-5-14(4-3-13)7-9(10,11)12/h8H,3-7,13H2,1-2H3. The fraction of sp³-hybridized carbons (Fsp3) is 1.00. The molecule has 0 aliphatic heterocycles. The molecule has 0 fully saturated rings. The zero-order valence-corrected chi connectivity index (χ0v) is 9.18. The number of halogens is 3. The minimum Gasteiger partial charge on any atom is -0.377 e. The van der Waals surface area contributed by atoms with Crippen LogP contribution in [-0.4, -0.2) is 50.0 Å². The molecule has 0 rings (SSSR count). The third kappa shape index (κ3) is 9.96. The topological polar surface area (TPSA) is 38.5 Å². The summed E-state index contributed by atoms with van der Waals surface area (Å²) >= 11 is 0. The fourth-order valence-corrected chi connectivity index (χ4v) is 1.12. The third-order valence-corrected chi connectivity index (χ3v) is 1.71. The lowest BCUT2D eigenvalue weighted by molar-refractivity contribution is -0.147. The summed E-state index contributed by atoms with van der Waals surface area (Å²) in [7, 11) is 0.